The van der Waals surface area contributed by atoms with Crippen LogP contribution in [0.2, 0.25) is 0 Å². The van der Waals surface area contributed by atoms with Crippen LogP contribution in [0.1, 0.15) is 10.4 Å². The van der Waals surface area contributed by atoms with E-state index in [0.29, 0.717) is 18.7 Å². The van der Waals surface area contributed by atoms with Crippen molar-refractivity contribution in [3.05, 3.63) is 96.6 Å². The Morgan fingerprint density at radius 3 is 2.09 bits per heavy atom. The fourth-order valence-corrected chi connectivity index (χ4v) is 4.25. The molecule has 6 nitrogen and oxygen atoms in total. The van der Waals surface area contributed by atoms with Crippen LogP contribution < -0.4 is 9.64 Å². The van der Waals surface area contributed by atoms with Crippen LogP contribution in [0, 0.1) is 0 Å². The molecule has 0 unspecified atom stereocenters. The molecule has 0 saturated carbocycles. The SMILES string of the molecule is COc1ccccc1-c1ccc(N2CCN(C(=O)c3ccc(-c4ccccc4)cc3)CC2)nn1. The van der Waals surface area contributed by atoms with Gasteiger partial charge >= 0.3 is 0 Å². The van der Waals surface area contributed by atoms with Crippen molar-refractivity contribution < 1.29 is 9.53 Å². The molecule has 1 saturated heterocycles. The Balaban J connectivity index is 1.21. The molecule has 0 bridgehead atoms. The number of hydrogen-bond acceptors (Lipinski definition) is 5. The molecule has 4 aromatic rings. The third kappa shape index (κ3) is 4.48. The van der Waals surface area contributed by atoms with Crippen LogP contribution in [0.25, 0.3) is 22.4 Å². The molecule has 0 aliphatic carbocycles. The summed E-state index contributed by atoms with van der Waals surface area (Å²) in [4.78, 5) is 17.1. The molecule has 34 heavy (non-hydrogen) atoms. The number of carbonyl (C=O) groups is 1. The third-order valence-electron chi connectivity index (χ3n) is 6.16. The van der Waals surface area contributed by atoms with E-state index in [1.807, 2.05) is 83.8 Å². The number of hydrogen-bond donors (Lipinski definition) is 0. The molecule has 1 fully saturated rings. The maximum Gasteiger partial charge on any atom is 0.253 e. The van der Waals surface area contributed by atoms with Gasteiger partial charge in [-0.2, -0.15) is 0 Å². The number of carbonyl (C=O) groups excluding carboxylic acids is 1. The summed E-state index contributed by atoms with van der Waals surface area (Å²) in [5.74, 6) is 1.66. The van der Waals surface area contributed by atoms with Gasteiger partial charge in [-0.3, -0.25) is 4.79 Å². The fraction of sp³-hybridized carbons (Fsp3) is 0.179. The van der Waals surface area contributed by atoms with E-state index < -0.39 is 0 Å². The lowest BCUT2D eigenvalue weighted by atomic mass is 10.0. The van der Waals surface area contributed by atoms with E-state index in [0.717, 1.165) is 47.0 Å². The van der Waals surface area contributed by atoms with Gasteiger partial charge in [0.15, 0.2) is 5.82 Å². The minimum Gasteiger partial charge on any atom is -0.496 e. The van der Waals surface area contributed by atoms with E-state index in [1.165, 1.54) is 0 Å². The van der Waals surface area contributed by atoms with E-state index in [1.54, 1.807) is 7.11 Å². The fourth-order valence-electron chi connectivity index (χ4n) is 4.25. The van der Waals surface area contributed by atoms with Gasteiger partial charge < -0.3 is 14.5 Å². The molecule has 0 radical (unpaired) electrons. The summed E-state index contributed by atoms with van der Waals surface area (Å²) in [5.41, 5.74) is 4.66. The quantitative estimate of drug-likeness (QED) is 0.438. The van der Waals surface area contributed by atoms with Crippen molar-refractivity contribution in [2.75, 3.05) is 38.2 Å². The third-order valence-corrected chi connectivity index (χ3v) is 6.16. The van der Waals surface area contributed by atoms with E-state index >= 15 is 0 Å². The molecule has 170 valence electrons. The number of para-hydroxylation sites is 1. The Morgan fingerprint density at radius 2 is 1.41 bits per heavy atom. The Bertz CT molecular complexity index is 1250. The number of rotatable bonds is 5. The molecule has 1 aliphatic rings. The van der Waals surface area contributed by atoms with Crippen LogP contribution in [0.15, 0.2) is 91.0 Å². The number of methoxy groups -OCH3 is 1. The molecule has 0 spiro atoms. The maximum atomic E-state index is 13.0. The molecule has 1 amide bonds. The Kier molecular flexibility index (Phi) is 6.21. The summed E-state index contributed by atoms with van der Waals surface area (Å²) in [7, 11) is 1.65. The van der Waals surface area contributed by atoms with Gasteiger partial charge in [0.25, 0.3) is 5.91 Å². The van der Waals surface area contributed by atoms with E-state index in [-0.39, 0.29) is 5.91 Å². The van der Waals surface area contributed by atoms with Gasteiger partial charge in [-0.15, -0.1) is 10.2 Å². The van der Waals surface area contributed by atoms with Gasteiger partial charge in [0.2, 0.25) is 0 Å². The molecule has 1 aromatic heterocycles. The first-order valence-electron chi connectivity index (χ1n) is 11.4. The number of aromatic nitrogens is 2. The van der Waals surface area contributed by atoms with Crippen LogP contribution >= 0.6 is 0 Å². The Morgan fingerprint density at radius 1 is 0.735 bits per heavy atom. The van der Waals surface area contributed by atoms with Crippen LogP contribution in [0.5, 0.6) is 5.75 Å². The van der Waals surface area contributed by atoms with Crippen molar-refractivity contribution in [1.29, 1.82) is 0 Å². The zero-order valence-electron chi connectivity index (χ0n) is 19.1. The molecule has 0 N–H and O–H groups in total. The second kappa shape index (κ2) is 9.75. The van der Waals surface area contributed by atoms with Crippen molar-refractivity contribution >= 4 is 11.7 Å². The largest absolute Gasteiger partial charge is 0.496 e. The molecule has 3 aromatic carbocycles. The summed E-state index contributed by atoms with van der Waals surface area (Å²) in [6, 6.07) is 29.8. The summed E-state index contributed by atoms with van der Waals surface area (Å²) < 4.78 is 5.43. The van der Waals surface area contributed by atoms with Crippen molar-refractivity contribution in [2.45, 2.75) is 0 Å². The molecular weight excluding hydrogens is 424 g/mol. The van der Waals surface area contributed by atoms with Crippen LogP contribution in [-0.4, -0.2) is 54.3 Å². The number of anilines is 1. The van der Waals surface area contributed by atoms with Crippen molar-refractivity contribution in [1.82, 2.24) is 15.1 Å². The lowest BCUT2D eigenvalue weighted by molar-refractivity contribution is 0.0746. The molecular formula is C28H26N4O2. The van der Waals surface area contributed by atoms with Gasteiger partial charge in [0.1, 0.15) is 5.75 Å². The topological polar surface area (TPSA) is 58.6 Å². The normalized spacial score (nSPS) is 13.6. The predicted molar refractivity (Wildman–Crippen MR) is 134 cm³/mol. The minimum absolute atomic E-state index is 0.0665. The lowest BCUT2D eigenvalue weighted by Crippen LogP contribution is -2.49. The zero-order chi connectivity index (χ0) is 23.3. The zero-order valence-corrected chi connectivity index (χ0v) is 19.1. The summed E-state index contributed by atoms with van der Waals surface area (Å²) >= 11 is 0. The second-order valence-corrected chi connectivity index (χ2v) is 8.20. The Hall–Kier alpha value is -4.19. The lowest BCUT2D eigenvalue weighted by Gasteiger charge is -2.35. The summed E-state index contributed by atoms with van der Waals surface area (Å²) in [6.45, 7) is 2.73. The van der Waals surface area contributed by atoms with Gasteiger partial charge in [-0.1, -0.05) is 54.6 Å². The van der Waals surface area contributed by atoms with Crippen molar-refractivity contribution in [3.8, 4) is 28.1 Å². The van der Waals surface area contributed by atoms with Crippen molar-refractivity contribution in [3.63, 3.8) is 0 Å². The number of ether oxygens (including phenoxy) is 1. The van der Waals surface area contributed by atoms with Gasteiger partial charge in [-0.25, -0.2) is 0 Å². The standard InChI is InChI=1S/C28H26N4O2/c1-34-26-10-6-5-9-24(26)25-15-16-27(30-29-25)31-17-19-32(20-18-31)28(33)23-13-11-22(12-14-23)21-7-3-2-4-8-21/h2-16H,17-20H2,1H3. The predicted octanol–water partition coefficient (Wildman–Crippen LogP) is 4.78. The number of nitrogens with zero attached hydrogens (tertiary/aromatic N) is 4. The molecule has 0 atom stereocenters. The molecule has 1 aliphatic heterocycles. The van der Waals surface area contributed by atoms with E-state index in [4.69, 9.17) is 4.74 Å². The minimum atomic E-state index is 0.0665. The maximum absolute atomic E-state index is 13.0. The first-order chi connectivity index (χ1) is 16.7. The average Bonchev–Trinajstić information content (AvgIpc) is 2.93. The smallest absolute Gasteiger partial charge is 0.253 e. The molecule has 6 heteroatoms. The van der Waals surface area contributed by atoms with Gasteiger partial charge in [-0.05, 0) is 47.5 Å². The number of amides is 1. The Labute approximate surface area is 199 Å². The summed E-state index contributed by atoms with van der Waals surface area (Å²) in [6.07, 6.45) is 0. The van der Waals surface area contributed by atoms with Gasteiger partial charge in [0.05, 0.1) is 12.8 Å². The first-order valence-corrected chi connectivity index (χ1v) is 11.4. The van der Waals surface area contributed by atoms with Crippen LogP contribution in [0.4, 0.5) is 5.82 Å². The first kappa shape index (κ1) is 21.6. The number of piperazine rings is 1. The number of benzene rings is 3. The highest BCUT2D eigenvalue weighted by molar-refractivity contribution is 5.95. The van der Waals surface area contributed by atoms with E-state index in [2.05, 4.69) is 27.2 Å². The molecule has 5 rings (SSSR count). The van der Waals surface area contributed by atoms with E-state index in [9.17, 15) is 4.79 Å². The monoisotopic (exact) mass is 450 g/mol. The van der Waals surface area contributed by atoms with Crippen LogP contribution in [0.3, 0.4) is 0 Å². The second-order valence-electron chi connectivity index (χ2n) is 8.20. The highest BCUT2D eigenvalue weighted by atomic mass is 16.5. The van der Waals surface area contributed by atoms with Crippen LogP contribution in [-0.2, 0) is 0 Å². The highest BCUT2D eigenvalue weighted by Crippen LogP contribution is 2.28. The van der Waals surface area contributed by atoms with Crippen molar-refractivity contribution in [2.24, 2.45) is 0 Å². The van der Waals surface area contributed by atoms with Gasteiger partial charge in [0, 0.05) is 37.3 Å². The molecule has 2 heterocycles. The average molecular weight is 451 g/mol. The highest BCUT2D eigenvalue weighted by Gasteiger charge is 2.23. The summed E-state index contributed by atoms with van der Waals surface area (Å²) in [5, 5.41) is 8.85.